The zero-order chi connectivity index (χ0) is 30.5. The molecule has 2 amide bonds. The number of nitrogens with one attached hydrogen (secondary N) is 3. The predicted molar refractivity (Wildman–Crippen MR) is 154 cm³/mol. The monoisotopic (exact) mass is 591 g/mol. The Morgan fingerprint density at radius 1 is 0.976 bits per heavy atom. The van der Waals surface area contributed by atoms with E-state index in [1.807, 2.05) is 25.1 Å². The highest BCUT2D eigenvalue weighted by Crippen LogP contribution is 2.31. The maximum absolute atomic E-state index is 13.9. The Morgan fingerprint density at radius 2 is 1.67 bits per heavy atom. The minimum Gasteiger partial charge on any atom is -0.465 e. The summed E-state index contributed by atoms with van der Waals surface area (Å²) in [6.45, 7) is 5.46. The van der Waals surface area contributed by atoms with Crippen LogP contribution in [0.2, 0.25) is 0 Å². The number of aryl methyl sites for hydroxylation is 1. The van der Waals surface area contributed by atoms with Crippen LogP contribution in [0, 0.1) is 11.6 Å². The summed E-state index contributed by atoms with van der Waals surface area (Å²) in [7, 11) is 0. The van der Waals surface area contributed by atoms with Crippen LogP contribution in [0.15, 0.2) is 42.5 Å². The van der Waals surface area contributed by atoms with Crippen LogP contribution in [0.4, 0.5) is 13.6 Å². The molecule has 42 heavy (non-hydrogen) atoms. The zero-order valence-electron chi connectivity index (χ0n) is 24.3. The largest absolute Gasteiger partial charge is 0.465 e. The number of aliphatic hydroxyl groups excluding tert-OH is 1. The number of aliphatic hydroxyl groups is 1. The Bertz CT molecular complexity index is 1140. The van der Waals surface area contributed by atoms with E-state index in [1.54, 1.807) is 0 Å². The average Bonchev–Trinajstić information content (AvgIpc) is 3.42. The first-order valence-electron chi connectivity index (χ1n) is 14.6. The average molecular weight is 592 g/mol. The zero-order valence-corrected chi connectivity index (χ0v) is 24.3. The quantitative estimate of drug-likeness (QED) is 0.188. The van der Waals surface area contributed by atoms with Crippen molar-refractivity contribution in [2.75, 3.05) is 19.8 Å². The summed E-state index contributed by atoms with van der Waals surface area (Å²) in [6.07, 6.45) is 1.02. The van der Waals surface area contributed by atoms with Crippen molar-refractivity contribution in [2.24, 2.45) is 0 Å². The smallest absolute Gasteiger partial charge is 0.405 e. The highest BCUT2D eigenvalue weighted by molar-refractivity contribution is 5.85. The second-order valence-corrected chi connectivity index (χ2v) is 10.7. The van der Waals surface area contributed by atoms with E-state index < -0.39 is 47.6 Å². The summed E-state index contributed by atoms with van der Waals surface area (Å²) < 4.78 is 39.6. The molecule has 0 aliphatic carbocycles. The van der Waals surface area contributed by atoms with Gasteiger partial charge in [0.25, 0.3) is 0 Å². The molecule has 1 fully saturated rings. The van der Waals surface area contributed by atoms with Gasteiger partial charge in [-0.25, -0.2) is 13.6 Å². The van der Waals surface area contributed by atoms with Crippen LogP contribution in [0.25, 0.3) is 0 Å². The third-order valence-electron chi connectivity index (χ3n) is 7.41. The maximum Gasteiger partial charge on any atom is 0.405 e. The van der Waals surface area contributed by atoms with E-state index in [4.69, 9.17) is 9.47 Å². The fraction of sp³-hybridized carbons (Fsp3) is 0.548. The molecular formula is C31H43F2N3O6. The van der Waals surface area contributed by atoms with E-state index >= 15 is 0 Å². The van der Waals surface area contributed by atoms with Gasteiger partial charge in [-0.2, -0.15) is 0 Å². The number of hydrogen-bond acceptors (Lipinski definition) is 6. The number of hydrogen-bond donors (Lipinski definition) is 5. The summed E-state index contributed by atoms with van der Waals surface area (Å²) >= 11 is 0. The lowest BCUT2D eigenvalue weighted by molar-refractivity contribution is -0.169. The molecule has 0 aromatic heterocycles. The number of amides is 2. The molecule has 2 aromatic rings. The molecule has 232 valence electrons. The van der Waals surface area contributed by atoms with Gasteiger partial charge in [0.1, 0.15) is 17.7 Å². The van der Waals surface area contributed by atoms with Crippen LogP contribution in [-0.4, -0.2) is 65.9 Å². The molecule has 3 atom stereocenters. The minimum atomic E-state index is -1.38. The molecule has 1 aliphatic rings. The summed E-state index contributed by atoms with van der Waals surface area (Å²) in [5.41, 5.74) is 2.44. The molecule has 3 rings (SSSR count). The number of unbranched alkanes of at least 4 members (excludes halogenated alkanes) is 1. The van der Waals surface area contributed by atoms with Gasteiger partial charge in [0.05, 0.1) is 25.4 Å². The number of rotatable bonds is 17. The first kappa shape index (κ1) is 33.4. The first-order valence-corrected chi connectivity index (χ1v) is 14.6. The Morgan fingerprint density at radius 3 is 2.31 bits per heavy atom. The first-order chi connectivity index (χ1) is 20.1. The summed E-state index contributed by atoms with van der Waals surface area (Å²) in [5, 5.41) is 28.7. The van der Waals surface area contributed by atoms with Gasteiger partial charge in [-0.1, -0.05) is 44.5 Å². The highest BCUT2D eigenvalue weighted by atomic mass is 19.1. The van der Waals surface area contributed by atoms with Gasteiger partial charge in [-0.3, -0.25) is 4.79 Å². The molecule has 0 spiro atoms. The third kappa shape index (κ3) is 10.6. The van der Waals surface area contributed by atoms with Crippen LogP contribution < -0.4 is 16.0 Å². The van der Waals surface area contributed by atoms with Crippen LogP contribution in [0.1, 0.15) is 62.6 Å². The number of carbonyl (C=O) groups excluding carboxylic acids is 1. The predicted octanol–water partition coefficient (Wildman–Crippen LogP) is 4.05. The molecule has 1 unspecified atom stereocenters. The van der Waals surface area contributed by atoms with Gasteiger partial charge in [-0.05, 0) is 54.5 Å². The standard InChI is InChI=1S/C31H43F2N3O6/c1-3-5-10-31(41-12-13-42-31)11-9-26(36-30(39)40)29(38)35-27(17-23-15-24(32)18-25(33)16-23)28(37)20-34-19-22-8-6-7-21(4-2)14-22/h6-8,14-16,18,26-28,34,36-37H,3-5,9-13,17,19-20H2,1-2H3,(H,35,38)(H,39,40)/t26?,27-,28+/m0/s1. The normalized spacial score (nSPS) is 16.5. The molecule has 5 N–H and O–H groups in total. The van der Waals surface area contributed by atoms with Gasteiger partial charge in [-0.15, -0.1) is 0 Å². The number of carboxylic acid groups (broad SMARTS) is 1. The number of carbonyl (C=O) groups is 2. The fourth-order valence-electron chi connectivity index (χ4n) is 5.15. The Kier molecular flexibility index (Phi) is 13.1. The molecule has 1 aliphatic heterocycles. The summed E-state index contributed by atoms with van der Waals surface area (Å²) in [6, 6.07) is 8.88. The Balaban J connectivity index is 1.72. The summed E-state index contributed by atoms with van der Waals surface area (Å²) in [4.78, 5) is 25.0. The van der Waals surface area contributed by atoms with Crippen molar-refractivity contribution in [2.45, 2.75) is 89.3 Å². The van der Waals surface area contributed by atoms with Crippen LogP contribution in [0.3, 0.4) is 0 Å². The van der Waals surface area contributed by atoms with Gasteiger partial charge in [0.2, 0.25) is 5.91 Å². The van der Waals surface area contributed by atoms with Crippen LogP contribution >= 0.6 is 0 Å². The molecule has 9 nitrogen and oxygen atoms in total. The van der Waals surface area contributed by atoms with E-state index in [1.165, 1.54) is 5.56 Å². The topological polar surface area (TPSA) is 129 Å². The second kappa shape index (κ2) is 16.5. The summed E-state index contributed by atoms with van der Waals surface area (Å²) in [5.74, 6) is -3.11. The van der Waals surface area contributed by atoms with Crippen molar-refractivity contribution in [3.63, 3.8) is 0 Å². The van der Waals surface area contributed by atoms with Crippen LogP contribution in [-0.2, 0) is 33.7 Å². The minimum absolute atomic E-state index is 0.0674. The molecule has 1 heterocycles. The Labute approximate surface area is 246 Å². The molecule has 2 aromatic carbocycles. The van der Waals surface area contributed by atoms with Crippen molar-refractivity contribution >= 4 is 12.0 Å². The highest BCUT2D eigenvalue weighted by Gasteiger charge is 2.38. The lowest BCUT2D eigenvalue weighted by Crippen LogP contribution is -2.55. The molecule has 0 saturated carbocycles. The van der Waals surface area contributed by atoms with Crippen LogP contribution in [0.5, 0.6) is 0 Å². The van der Waals surface area contributed by atoms with Crippen molar-refractivity contribution in [3.05, 3.63) is 70.8 Å². The van der Waals surface area contributed by atoms with Gasteiger partial charge in [0, 0.05) is 32.0 Å². The number of ether oxygens (including phenoxy) is 2. The SMILES string of the molecule is CCCCC1(CCC(NC(=O)O)C(=O)N[C@@H](Cc2cc(F)cc(F)c2)[C@H](O)CNCc2cccc(CC)c2)OCCO1. The van der Waals surface area contributed by atoms with Crippen molar-refractivity contribution in [1.82, 2.24) is 16.0 Å². The lowest BCUT2D eigenvalue weighted by Gasteiger charge is -2.30. The van der Waals surface area contributed by atoms with E-state index in [2.05, 4.69) is 28.9 Å². The molecule has 0 radical (unpaired) electrons. The fourth-order valence-corrected chi connectivity index (χ4v) is 5.15. The molecular weight excluding hydrogens is 548 g/mol. The van der Waals surface area contributed by atoms with Gasteiger partial charge < -0.3 is 35.6 Å². The van der Waals surface area contributed by atoms with Crippen molar-refractivity contribution in [3.8, 4) is 0 Å². The van der Waals surface area contributed by atoms with Crippen molar-refractivity contribution < 1.29 is 38.1 Å². The molecule has 11 heteroatoms. The van der Waals surface area contributed by atoms with E-state index in [0.29, 0.717) is 26.2 Å². The lowest BCUT2D eigenvalue weighted by atomic mass is 9.97. The van der Waals surface area contributed by atoms with Gasteiger partial charge in [0.15, 0.2) is 5.79 Å². The van der Waals surface area contributed by atoms with E-state index in [-0.39, 0.29) is 31.4 Å². The van der Waals surface area contributed by atoms with Crippen molar-refractivity contribution in [1.29, 1.82) is 0 Å². The second-order valence-electron chi connectivity index (χ2n) is 10.7. The molecule has 0 bridgehead atoms. The third-order valence-corrected chi connectivity index (χ3v) is 7.41. The molecule has 1 saturated heterocycles. The number of benzene rings is 2. The number of halogens is 2. The van der Waals surface area contributed by atoms with Gasteiger partial charge >= 0.3 is 6.09 Å². The maximum atomic E-state index is 13.9. The van der Waals surface area contributed by atoms with E-state index in [0.717, 1.165) is 43.0 Å². The Hall–Kier alpha value is -3.12. The van der Waals surface area contributed by atoms with E-state index in [9.17, 15) is 28.6 Å².